The Morgan fingerprint density at radius 2 is 1.93 bits per heavy atom. The van der Waals surface area contributed by atoms with Crippen molar-refractivity contribution in [3.63, 3.8) is 0 Å². The second kappa shape index (κ2) is 4.45. The SMILES string of the molecule is CCc1nc(OC(C)C)c(C)cc1C. The number of pyridine rings is 1. The Balaban J connectivity index is 3.04. The van der Waals surface area contributed by atoms with Crippen molar-refractivity contribution in [3.05, 3.63) is 22.9 Å². The van der Waals surface area contributed by atoms with E-state index in [-0.39, 0.29) is 6.10 Å². The molecule has 0 unspecified atom stereocenters. The van der Waals surface area contributed by atoms with E-state index in [2.05, 4.69) is 24.9 Å². The molecule has 0 aliphatic carbocycles. The first-order valence-corrected chi connectivity index (χ1v) is 5.18. The lowest BCUT2D eigenvalue weighted by molar-refractivity contribution is 0.230. The number of aryl methyl sites for hydroxylation is 3. The van der Waals surface area contributed by atoms with Crippen LogP contribution in [0.3, 0.4) is 0 Å². The minimum absolute atomic E-state index is 0.189. The summed E-state index contributed by atoms with van der Waals surface area (Å²) in [5.41, 5.74) is 3.50. The highest BCUT2D eigenvalue weighted by atomic mass is 16.5. The topological polar surface area (TPSA) is 22.1 Å². The summed E-state index contributed by atoms with van der Waals surface area (Å²) in [6.45, 7) is 10.3. The van der Waals surface area contributed by atoms with Crippen LogP contribution in [0.15, 0.2) is 6.07 Å². The van der Waals surface area contributed by atoms with Gasteiger partial charge in [0.1, 0.15) is 0 Å². The van der Waals surface area contributed by atoms with E-state index in [1.807, 2.05) is 20.8 Å². The zero-order chi connectivity index (χ0) is 10.7. The highest BCUT2D eigenvalue weighted by Gasteiger charge is 2.07. The monoisotopic (exact) mass is 193 g/mol. The molecule has 1 rings (SSSR count). The van der Waals surface area contributed by atoms with E-state index in [1.54, 1.807) is 0 Å². The summed E-state index contributed by atoms with van der Waals surface area (Å²) in [6, 6.07) is 2.14. The normalized spacial score (nSPS) is 10.7. The summed E-state index contributed by atoms with van der Waals surface area (Å²) in [5.74, 6) is 0.780. The largest absolute Gasteiger partial charge is 0.475 e. The van der Waals surface area contributed by atoms with Gasteiger partial charge in [-0.15, -0.1) is 0 Å². The number of rotatable bonds is 3. The van der Waals surface area contributed by atoms with Crippen LogP contribution in [-0.4, -0.2) is 11.1 Å². The maximum Gasteiger partial charge on any atom is 0.216 e. The van der Waals surface area contributed by atoms with Crippen LogP contribution >= 0.6 is 0 Å². The molecule has 0 saturated heterocycles. The quantitative estimate of drug-likeness (QED) is 0.736. The molecule has 0 radical (unpaired) electrons. The van der Waals surface area contributed by atoms with E-state index >= 15 is 0 Å². The Hall–Kier alpha value is -1.05. The van der Waals surface area contributed by atoms with E-state index in [0.717, 1.165) is 23.6 Å². The standard InChI is InChI=1S/C12H19NO/c1-6-11-9(4)7-10(5)12(13-11)14-8(2)3/h7-8H,6H2,1-5H3. The zero-order valence-electron chi connectivity index (χ0n) is 9.72. The van der Waals surface area contributed by atoms with Crippen molar-refractivity contribution in [2.75, 3.05) is 0 Å². The average molecular weight is 193 g/mol. The van der Waals surface area contributed by atoms with Gasteiger partial charge in [-0.1, -0.05) is 6.92 Å². The summed E-state index contributed by atoms with van der Waals surface area (Å²) in [4.78, 5) is 4.51. The molecule has 14 heavy (non-hydrogen) atoms. The van der Waals surface area contributed by atoms with Crippen molar-refractivity contribution in [2.45, 2.75) is 47.1 Å². The lowest BCUT2D eigenvalue weighted by atomic mass is 10.1. The first kappa shape index (κ1) is 11.0. The number of nitrogens with zero attached hydrogens (tertiary/aromatic N) is 1. The first-order chi connectivity index (χ1) is 6.54. The summed E-state index contributed by atoms with van der Waals surface area (Å²) in [5, 5.41) is 0. The lowest BCUT2D eigenvalue weighted by Crippen LogP contribution is -2.09. The van der Waals surface area contributed by atoms with Gasteiger partial charge >= 0.3 is 0 Å². The molecule has 0 amide bonds. The third-order valence-electron chi connectivity index (χ3n) is 2.14. The molecule has 0 aliphatic heterocycles. The Kier molecular flexibility index (Phi) is 3.50. The van der Waals surface area contributed by atoms with Crippen LogP contribution in [0.25, 0.3) is 0 Å². The molecule has 0 aromatic carbocycles. The van der Waals surface area contributed by atoms with E-state index in [9.17, 15) is 0 Å². The number of ether oxygens (including phenoxy) is 1. The van der Waals surface area contributed by atoms with Crippen molar-refractivity contribution in [3.8, 4) is 5.88 Å². The van der Waals surface area contributed by atoms with Crippen molar-refractivity contribution < 1.29 is 4.74 Å². The fourth-order valence-electron chi connectivity index (χ4n) is 1.47. The third-order valence-corrected chi connectivity index (χ3v) is 2.14. The molecular weight excluding hydrogens is 174 g/mol. The van der Waals surface area contributed by atoms with Crippen LogP contribution in [-0.2, 0) is 6.42 Å². The molecule has 1 aromatic rings. The van der Waals surface area contributed by atoms with Gasteiger partial charge in [-0.3, -0.25) is 0 Å². The zero-order valence-corrected chi connectivity index (χ0v) is 9.72. The molecule has 0 N–H and O–H groups in total. The van der Waals surface area contributed by atoms with Crippen LogP contribution in [0, 0.1) is 13.8 Å². The molecule has 2 nitrogen and oxygen atoms in total. The molecule has 0 bridgehead atoms. The highest BCUT2D eigenvalue weighted by Crippen LogP contribution is 2.19. The predicted octanol–water partition coefficient (Wildman–Crippen LogP) is 3.05. The van der Waals surface area contributed by atoms with Crippen molar-refractivity contribution in [1.82, 2.24) is 4.98 Å². The van der Waals surface area contributed by atoms with Crippen molar-refractivity contribution >= 4 is 0 Å². The second-order valence-corrected chi connectivity index (χ2v) is 3.89. The summed E-state index contributed by atoms with van der Waals surface area (Å²) in [6.07, 6.45) is 1.15. The summed E-state index contributed by atoms with van der Waals surface area (Å²) < 4.78 is 5.63. The third kappa shape index (κ3) is 2.47. The van der Waals surface area contributed by atoms with Crippen LogP contribution in [0.1, 0.15) is 37.6 Å². The molecule has 0 aliphatic rings. The minimum atomic E-state index is 0.189. The average Bonchev–Trinajstić information content (AvgIpc) is 2.09. The molecule has 0 saturated carbocycles. The summed E-state index contributed by atoms with van der Waals surface area (Å²) >= 11 is 0. The smallest absolute Gasteiger partial charge is 0.216 e. The molecule has 0 spiro atoms. The predicted molar refractivity (Wildman–Crippen MR) is 58.9 cm³/mol. The molecule has 0 fully saturated rings. The maximum atomic E-state index is 5.63. The van der Waals surface area contributed by atoms with E-state index < -0.39 is 0 Å². The van der Waals surface area contributed by atoms with E-state index in [1.165, 1.54) is 5.56 Å². The molecule has 0 atom stereocenters. The van der Waals surface area contributed by atoms with E-state index in [4.69, 9.17) is 4.74 Å². The van der Waals surface area contributed by atoms with Crippen LogP contribution < -0.4 is 4.74 Å². The molecular formula is C12H19NO. The van der Waals surface area contributed by atoms with E-state index in [0.29, 0.717) is 0 Å². The van der Waals surface area contributed by atoms with Gasteiger partial charge in [-0.05, 0) is 45.7 Å². The Morgan fingerprint density at radius 1 is 1.29 bits per heavy atom. The van der Waals surface area contributed by atoms with Gasteiger partial charge in [0, 0.05) is 11.3 Å². The molecule has 1 aromatic heterocycles. The molecule has 2 heteroatoms. The number of hydrogen-bond acceptors (Lipinski definition) is 2. The van der Waals surface area contributed by atoms with Gasteiger partial charge in [-0.2, -0.15) is 0 Å². The van der Waals surface area contributed by atoms with Gasteiger partial charge in [0.25, 0.3) is 0 Å². The second-order valence-electron chi connectivity index (χ2n) is 3.89. The van der Waals surface area contributed by atoms with Gasteiger partial charge in [0.15, 0.2) is 0 Å². The molecule has 78 valence electrons. The van der Waals surface area contributed by atoms with Crippen LogP contribution in [0.4, 0.5) is 0 Å². The van der Waals surface area contributed by atoms with Gasteiger partial charge < -0.3 is 4.74 Å². The highest BCUT2D eigenvalue weighted by molar-refractivity contribution is 5.32. The van der Waals surface area contributed by atoms with Crippen LogP contribution in [0.5, 0.6) is 5.88 Å². The van der Waals surface area contributed by atoms with Crippen molar-refractivity contribution in [2.24, 2.45) is 0 Å². The van der Waals surface area contributed by atoms with Gasteiger partial charge in [0.05, 0.1) is 6.10 Å². The summed E-state index contributed by atoms with van der Waals surface area (Å²) in [7, 11) is 0. The van der Waals surface area contributed by atoms with Crippen LogP contribution in [0.2, 0.25) is 0 Å². The Morgan fingerprint density at radius 3 is 2.43 bits per heavy atom. The fraction of sp³-hybridized carbons (Fsp3) is 0.583. The Bertz CT molecular complexity index is 318. The molecule has 1 heterocycles. The fourth-order valence-corrected chi connectivity index (χ4v) is 1.47. The Labute approximate surface area is 86.3 Å². The number of hydrogen-bond donors (Lipinski definition) is 0. The maximum absolute atomic E-state index is 5.63. The first-order valence-electron chi connectivity index (χ1n) is 5.18. The minimum Gasteiger partial charge on any atom is -0.475 e. The van der Waals surface area contributed by atoms with Gasteiger partial charge in [0.2, 0.25) is 5.88 Å². The van der Waals surface area contributed by atoms with Gasteiger partial charge in [-0.25, -0.2) is 4.98 Å². The van der Waals surface area contributed by atoms with Crippen molar-refractivity contribution in [1.29, 1.82) is 0 Å². The number of aromatic nitrogens is 1. The lowest BCUT2D eigenvalue weighted by Gasteiger charge is -2.13.